The molecule has 7 heteroatoms. The summed E-state index contributed by atoms with van der Waals surface area (Å²) in [4.78, 5) is 35.9. The van der Waals surface area contributed by atoms with E-state index in [1.807, 2.05) is 0 Å². The molecule has 0 amide bonds. The van der Waals surface area contributed by atoms with Crippen molar-refractivity contribution in [2.75, 3.05) is 13.2 Å². The first-order valence-corrected chi connectivity index (χ1v) is 9.03. The highest BCUT2D eigenvalue weighted by Gasteiger charge is 2.59. The van der Waals surface area contributed by atoms with Crippen molar-refractivity contribution in [3.8, 4) is 0 Å². The number of ether oxygens (including phenoxy) is 2. The number of ketones is 1. The molecule has 0 radical (unpaired) electrons. The first kappa shape index (κ1) is 19.0. The number of hydrogen-bond donors (Lipinski definition) is 0. The molecule has 0 aromatic heterocycles. The van der Waals surface area contributed by atoms with Crippen LogP contribution in [0.1, 0.15) is 45.4 Å². The summed E-state index contributed by atoms with van der Waals surface area (Å²) in [7, 11) is 0. The molecule has 0 aliphatic heterocycles. The zero-order valence-corrected chi connectivity index (χ0v) is 14.9. The summed E-state index contributed by atoms with van der Waals surface area (Å²) in [6.07, 6.45) is 2.40. The molecule has 4 fully saturated rings. The van der Waals surface area contributed by atoms with Crippen LogP contribution in [0.4, 0.5) is 8.78 Å². The molecule has 2 atom stereocenters. The smallest absolute Gasteiger partial charge is 0.333 e. The van der Waals surface area contributed by atoms with E-state index in [0.717, 1.165) is 12.8 Å². The molecule has 0 heterocycles. The SMILES string of the molecule is C=C(C)C(=O)OCCC(F)(F)COC(=O)C12CC3CC(C1)C(=O)C(C3)C2. The molecule has 5 nitrogen and oxygen atoms in total. The second-order valence-electron chi connectivity index (χ2n) is 8.12. The highest BCUT2D eigenvalue weighted by Crippen LogP contribution is 2.59. The van der Waals surface area contributed by atoms with Crippen molar-refractivity contribution in [2.24, 2.45) is 23.2 Å². The molecule has 4 bridgehead atoms. The Balaban J connectivity index is 1.51. The van der Waals surface area contributed by atoms with E-state index < -0.39 is 42.9 Å². The summed E-state index contributed by atoms with van der Waals surface area (Å²) in [5, 5.41) is 0. The number of hydrogen-bond acceptors (Lipinski definition) is 5. The van der Waals surface area contributed by atoms with Crippen LogP contribution in [0.25, 0.3) is 0 Å². The van der Waals surface area contributed by atoms with Crippen LogP contribution in [0.3, 0.4) is 0 Å². The van der Waals surface area contributed by atoms with E-state index >= 15 is 0 Å². The summed E-state index contributed by atoms with van der Waals surface area (Å²) < 4.78 is 37.5. The van der Waals surface area contributed by atoms with Crippen molar-refractivity contribution in [3.05, 3.63) is 12.2 Å². The number of esters is 2. The molecule has 144 valence electrons. The molecule has 0 saturated heterocycles. The van der Waals surface area contributed by atoms with Crippen LogP contribution >= 0.6 is 0 Å². The highest BCUT2D eigenvalue weighted by atomic mass is 19.3. The molecule has 26 heavy (non-hydrogen) atoms. The van der Waals surface area contributed by atoms with Gasteiger partial charge < -0.3 is 9.47 Å². The summed E-state index contributed by atoms with van der Waals surface area (Å²) in [6.45, 7) is 3.29. The van der Waals surface area contributed by atoms with Gasteiger partial charge in [0.1, 0.15) is 5.78 Å². The van der Waals surface area contributed by atoms with Gasteiger partial charge in [-0.05, 0) is 44.9 Å². The van der Waals surface area contributed by atoms with Crippen LogP contribution < -0.4 is 0 Å². The van der Waals surface area contributed by atoms with Crippen molar-refractivity contribution in [1.82, 2.24) is 0 Å². The van der Waals surface area contributed by atoms with Crippen LogP contribution in [-0.4, -0.2) is 36.9 Å². The fourth-order valence-electron chi connectivity index (χ4n) is 4.81. The second-order valence-corrected chi connectivity index (χ2v) is 8.12. The van der Waals surface area contributed by atoms with Crippen molar-refractivity contribution in [1.29, 1.82) is 0 Å². The molecular formula is C19H24F2O5. The standard InChI is InChI=1S/C19H24F2O5/c1-11(2)16(23)25-4-3-19(20,21)10-26-17(24)18-7-12-5-13(8-18)15(22)14(6-12)9-18/h12-14H,1,3-10H2,2H3. The van der Waals surface area contributed by atoms with Gasteiger partial charge in [0.2, 0.25) is 0 Å². The topological polar surface area (TPSA) is 69.7 Å². The maximum atomic E-state index is 13.9. The number of carbonyl (C=O) groups excluding carboxylic acids is 3. The van der Waals surface area contributed by atoms with Gasteiger partial charge in [-0.2, -0.15) is 0 Å². The molecule has 4 saturated carbocycles. The third-order valence-electron chi connectivity index (χ3n) is 5.89. The van der Waals surface area contributed by atoms with Crippen molar-refractivity contribution in [3.63, 3.8) is 0 Å². The third-order valence-corrected chi connectivity index (χ3v) is 5.89. The summed E-state index contributed by atoms with van der Waals surface area (Å²) >= 11 is 0. The summed E-state index contributed by atoms with van der Waals surface area (Å²) in [5.41, 5.74) is -0.636. The minimum absolute atomic E-state index is 0.115. The first-order chi connectivity index (χ1) is 12.1. The van der Waals surface area contributed by atoms with Gasteiger partial charge in [-0.1, -0.05) is 6.58 Å². The summed E-state index contributed by atoms with van der Waals surface area (Å²) in [6, 6.07) is 0. The lowest BCUT2D eigenvalue weighted by atomic mass is 9.49. The largest absolute Gasteiger partial charge is 0.462 e. The van der Waals surface area contributed by atoms with Crippen LogP contribution in [-0.2, 0) is 23.9 Å². The maximum absolute atomic E-state index is 13.9. The maximum Gasteiger partial charge on any atom is 0.333 e. The van der Waals surface area contributed by atoms with Gasteiger partial charge in [0, 0.05) is 23.8 Å². The zero-order chi connectivity index (χ0) is 19.1. The predicted octanol–water partition coefficient (Wildman–Crippen LogP) is 3.07. The molecule has 4 aliphatic rings. The fraction of sp³-hybridized carbons (Fsp3) is 0.737. The minimum atomic E-state index is -3.27. The van der Waals surface area contributed by atoms with E-state index in [1.54, 1.807) is 0 Å². The molecule has 0 aromatic rings. The average molecular weight is 370 g/mol. The quantitative estimate of drug-likeness (QED) is 0.509. The number of rotatable bonds is 7. The molecule has 0 spiro atoms. The molecule has 4 aliphatic carbocycles. The van der Waals surface area contributed by atoms with Gasteiger partial charge in [0.25, 0.3) is 5.92 Å². The third kappa shape index (κ3) is 3.67. The van der Waals surface area contributed by atoms with E-state index in [-0.39, 0.29) is 23.2 Å². The van der Waals surface area contributed by atoms with E-state index in [9.17, 15) is 23.2 Å². The average Bonchev–Trinajstić information content (AvgIpc) is 2.56. The first-order valence-electron chi connectivity index (χ1n) is 9.03. The molecule has 0 aromatic carbocycles. The second kappa shape index (κ2) is 6.74. The van der Waals surface area contributed by atoms with Gasteiger partial charge >= 0.3 is 11.9 Å². The Kier molecular flexibility index (Phi) is 4.92. The van der Waals surface area contributed by atoms with Crippen molar-refractivity contribution < 1.29 is 32.6 Å². The van der Waals surface area contributed by atoms with Gasteiger partial charge in [0.05, 0.1) is 12.0 Å². The van der Waals surface area contributed by atoms with E-state index in [4.69, 9.17) is 4.74 Å². The highest BCUT2D eigenvalue weighted by molar-refractivity contribution is 5.89. The fourth-order valence-corrected chi connectivity index (χ4v) is 4.81. The normalized spacial score (nSPS) is 32.4. The lowest BCUT2D eigenvalue weighted by Gasteiger charge is -2.53. The Hall–Kier alpha value is -1.79. The van der Waals surface area contributed by atoms with Crippen molar-refractivity contribution in [2.45, 2.75) is 51.4 Å². The number of halogens is 2. The van der Waals surface area contributed by atoms with E-state index in [0.29, 0.717) is 25.2 Å². The predicted molar refractivity (Wildman–Crippen MR) is 87.3 cm³/mol. The van der Waals surface area contributed by atoms with E-state index in [2.05, 4.69) is 11.3 Å². The zero-order valence-electron chi connectivity index (χ0n) is 14.9. The van der Waals surface area contributed by atoms with Crippen LogP contribution in [0, 0.1) is 23.2 Å². The molecule has 4 rings (SSSR count). The monoisotopic (exact) mass is 370 g/mol. The Bertz CT molecular complexity index is 624. The molecule has 2 unspecified atom stereocenters. The Morgan fingerprint density at radius 2 is 1.81 bits per heavy atom. The lowest BCUT2D eigenvalue weighted by Crippen LogP contribution is -2.55. The van der Waals surface area contributed by atoms with Crippen LogP contribution in [0.2, 0.25) is 0 Å². The van der Waals surface area contributed by atoms with Gasteiger partial charge in [0.15, 0.2) is 6.61 Å². The molecular weight excluding hydrogens is 346 g/mol. The van der Waals surface area contributed by atoms with Gasteiger partial charge in [-0.25, -0.2) is 13.6 Å². The van der Waals surface area contributed by atoms with Crippen LogP contribution in [0.5, 0.6) is 0 Å². The van der Waals surface area contributed by atoms with Gasteiger partial charge in [-0.3, -0.25) is 9.59 Å². The Labute approximate surface area is 151 Å². The van der Waals surface area contributed by atoms with E-state index in [1.165, 1.54) is 6.92 Å². The Morgan fingerprint density at radius 3 is 2.38 bits per heavy atom. The molecule has 0 N–H and O–H groups in total. The Morgan fingerprint density at radius 1 is 1.19 bits per heavy atom. The number of carbonyl (C=O) groups is 3. The minimum Gasteiger partial charge on any atom is -0.462 e. The number of alkyl halides is 2. The number of Topliss-reactive ketones (excluding diaryl/α,β-unsaturated/α-hetero) is 1. The van der Waals surface area contributed by atoms with Gasteiger partial charge in [-0.15, -0.1) is 0 Å². The lowest BCUT2D eigenvalue weighted by molar-refractivity contribution is -0.184. The van der Waals surface area contributed by atoms with Crippen LogP contribution in [0.15, 0.2) is 12.2 Å². The van der Waals surface area contributed by atoms with Crippen molar-refractivity contribution >= 4 is 17.7 Å². The summed E-state index contributed by atoms with van der Waals surface area (Å²) in [5.74, 6) is -4.29.